The fraction of sp³-hybridized carbons (Fsp3) is 0.407. The molecule has 1 saturated heterocycles. The highest BCUT2D eigenvalue weighted by Crippen LogP contribution is 2.35. The van der Waals surface area contributed by atoms with Crippen molar-refractivity contribution in [1.29, 1.82) is 0 Å². The maximum Gasteiger partial charge on any atom is 0.573 e. The summed E-state index contributed by atoms with van der Waals surface area (Å²) in [6, 6.07) is 12.8. The first kappa shape index (κ1) is 28.1. The van der Waals surface area contributed by atoms with Gasteiger partial charge in [0.15, 0.2) is 5.60 Å². The minimum absolute atomic E-state index is 0.0842. The number of likely N-dealkylation sites (tertiary alicyclic amines) is 1. The van der Waals surface area contributed by atoms with Gasteiger partial charge < -0.3 is 34.3 Å². The zero-order valence-corrected chi connectivity index (χ0v) is 21.9. The quantitative estimate of drug-likeness (QED) is 0.279. The van der Waals surface area contributed by atoms with Gasteiger partial charge in [-0.3, -0.25) is 4.57 Å². The van der Waals surface area contributed by atoms with E-state index in [1.807, 2.05) is 31.2 Å². The van der Waals surface area contributed by atoms with Crippen molar-refractivity contribution in [1.82, 2.24) is 14.5 Å². The predicted octanol–water partition coefficient (Wildman–Crippen LogP) is 5.39. The van der Waals surface area contributed by atoms with Gasteiger partial charge in [-0.2, -0.15) is 0 Å². The smallest absolute Gasteiger partial charge is 0.489 e. The summed E-state index contributed by atoms with van der Waals surface area (Å²) in [6.07, 6.45) is -2.95. The minimum Gasteiger partial charge on any atom is -0.489 e. The van der Waals surface area contributed by atoms with Gasteiger partial charge in [-0.1, -0.05) is 24.3 Å². The number of halogens is 3. The fourth-order valence-electron chi connectivity index (χ4n) is 5.33. The second-order valence-electron chi connectivity index (χ2n) is 10.4. The molecule has 0 radical (unpaired) electrons. The molecule has 0 spiro atoms. The van der Waals surface area contributed by atoms with Crippen LogP contribution in [0.2, 0.25) is 0 Å². The van der Waals surface area contributed by atoms with Crippen LogP contribution in [0.5, 0.6) is 17.5 Å². The number of rotatable bonds is 8. The first-order chi connectivity index (χ1) is 19.4. The van der Waals surface area contributed by atoms with Crippen LogP contribution >= 0.6 is 0 Å². The lowest BCUT2D eigenvalue weighted by molar-refractivity contribution is -0.389. The lowest BCUT2D eigenvalue weighted by Gasteiger charge is -2.38. The van der Waals surface area contributed by atoms with Crippen LogP contribution in [0.15, 0.2) is 54.7 Å². The molecule has 0 aliphatic carbocycles. The number of hydrogen-bond acceptors (Lipinski definition) is 7. The fourth-order valence-corrected chi connectivity index (χ4v) is 5.33. The minimum atomic E-state index is -4.78. The molecule has 2 aliphatic rings. The van der Waals surface area contributed by atoms with Crippen molar-refractivity contribution in [3.63, 3.8) is 0 Å². The van der Waals surface area contributed by atoms with E-state index in [2.05, 4.69) is 9.72 Å². The molecule has 1 aromatic heterocycles. The van der Waals surface area contributed by atoms with E-state index in [9.17, 15) is 33.2 Å². The van der Waals surface area contributed by atoms with Crippen LogP contribution in [0.4, 0.5) is 23.8 Å². The molecule has 3 heterocycles. The van der Waals surface area contributed by atoms with E-state index in [1.165, 1.54) is 35.4 Å². The summed E-state index contributed by atoms with van der Waals surface area (Å²) < 4.78 is 54.6. The van der Waals surface area contributed by atoms with E-state index in [1.54, 1.807) is 4.57 Å². The number of carbonyl (C=O) groups is 1. The Labute approximate surface area is 232 Å². The Morgan fingerprint density at radius 3 is 2.49 bits per heavy atom. The average Bonchev–Trinajstić information content (AvgIpc) is 3.44. The monoisotopic (exact) mass is 576 g/mol. The SMILES string of the molecule is CC1(COc2ccc(C3CCN(C(=O)O)[C@@H](Cc4ccc(OC(F)(F)F)cc4)C3)cc2)Cn2cc([N+](=O)[O-])nc2O1. The van der Waals surface area contributed by atoms with E-state index in [-0.39, 0.29) is 36.1 Å². The van der Waals surface area contributed by atoms with Gasteiger partial charge >= 0.3 is 24.3 Å². The molecule has 14 heteroatoms. The van der Waals surface area contributed by atoms with E-state index in [4.69, 9.17) is 9.47 Å². The molecule has 11 nitrogen and oxygen atoms in total. The van der Waals surface area contributed by atoms with Crippen LogP contribution in [0.25, 0.3) is 0 Å². The van der Waals surface area contributed by atoms with Crippen molar-refractivity contribution in [2.24, 2.45) is 0 Å². The molecule has 0 bridgehead atoms. The van der Waals surface area contributed by atoms with Gasteiger partial charge in [0.1, 0.15) is 24.3 Å². The van der Waals surface area contributed by atoms with Crippen LogP contribution in [-0.2, 0) is 13.0 Å². The highest BCUT2D eigenvalue weighted by molar-refractivity contribution is 5.65. The second-order valence-corrected chi connectivity index (χ2v) is 10.4. The molecular weight excluding hydrogens is 549 g/mol. The van der Waals surface area contributed by atoms with Crippen molar-refractivity contribution in [3.8, 4) is 17.5 Å². The number of fused-ring (bicyclic) bond motifs is 1. The highest BCUT2D eigenvalue weighted by Gasteiger charge is 2.41. The summed E-state index contributed by atoms with van der Waals surface area (Å²) in [5.74, 6) is 0.0859. The van der Waals surface area contributed by atoms with E-state index < -0.39 is 23.0 Å². The lowest BCUT2D eigenvalue weighted by Crippen LogP contribution is -2.46. The van der Waals surface area contributed by atoms with Gasteiger partial charge in [0.2, 0.25) is 0 Å². The lowest BCUT2D eigenvalue weighted by atomic mass is 9.83. The van der Waals surface area contributed by atoms with Crippen molar-refractivity contribution in [2.75, 3.05) is 13.2 Å². The van der Waals surface area contributed by atoms with Gasteiger partial charge in [0.25, 0.3) is 0 Å². The summed E-state index contributed by atoms with van der Waals surface area (Å²) in [4.78, 5) is 27.5. The summed E-state index contributed by atoms with van der Waals surface area (Å²) in [6.45, 7) is 2.70. The molecule has 5 rings (SSSR count). The number of alkyl halides is 3. The predicted molar refractivity (Wildman–Crippen MR) is 137 cm³/mol. The number of nitro groups is 1. The first-order valence-electron chi connectivity index (χ1n) is 12.8. The molecule has 1 N–H and O–H groups in total. The third-order valence-corrected chi connectivity index (χ3v) is 7.24. The topological polar surface area (TPSA) is 129 Å². The normalized spacial score (nSPS) is 22.1. The Balaban J connectivity index is 1.19. The van der Waals surface area contributed by atoms with Gasteiger partial charge in [-0.05, 0) is 72.4 Å². The molecule has 2 aliphatic heterocycles. The van der Waals surface area contributed by atoms with Gasteiger partial charge in [0.05, 0.1) is 6.54 Å². The van der Waals surface area contributed by atoms with Crippen LogP contribution in [-0.4, -0.2) is 61.7 Å². The number of aromatic nitrogens is 2. The number of benzene rings is 2. The standard InChI is InChI=1S/C27H27F3N4O7/c1-26(15-32-14-23(34(37)38)31-24(32)41-26)16-39-21-8-4-18(5-9-21)19-10-11-33(25(35)36)20(13-19)12-17-2-6-22(7-3-17)40-27(28,29)30/h2-9,14,19-20H,10-13,15-16H2,1H3,(H,35,36)/t19?,20-,26?/m0/s1. The Hall–Kier alpha value is -4.49. The first-order valence-corrected chi connectivity index (χ1v) is 12.8. The summed E-state index contributed by atoms with van der Waals surface area (Å²) in [5, 5.41) is 20.6. The third-order valence-electron chi connectivity index (χ3n) is 7.24. The Bertz CT molecular complexity index is 1390. The molecule has 3 atom stereocenters. The Morgan fingerprint density at radius 1 is 1.20 bits per heavy atom. The molecule has 3 aromatic rings. The zero-order chi connectivity index (χ0) is 29.4. The second kappa shape index (κ2) is 10.8. The maximum atomic E-state index is 12.5. The molecule has 218 valence electrons. The van der Waals surface area contributed by atoms with E-state index in [0.717, 1.165) is 5.56 Å². The molecular formula is C27H27F3N4O7. The van der Waals surface area contributed by atoms with E-state index >= 15 is 0 Å². The van der Waals surface area contributed by atoms with Crippen LogP contribution in [0, 0.1) is 10.1 Å². The molecule has 41 heavy (non-hydrogen) atoms. The molecule has 2 aromatic carbocycles. The molecule has 1 amide bonds. The van der Waals surface area contributed by atoms with Crippen LogP contribution in [0.1, 0.15) is 36.8 Å². The number of ether oxygens (including phenoxy) is 3. The highest BCUT2D eigenvalue weighted by atomic mass is 19.4. The number of nitrogens with zero attached hydrogens (tertiary/aromatic N) is 4. The van der Waals surface area contributed by atoms with Crippen LogP contribution in [0.3, 0.4) is 0 Å². The molecule has 2 unspecified atom stereocenters. The average molecular weight is 577 g/mol. The van der Waals surface area contributed by atoms with Gasteiger partial charge in [-0.15, -0.1) is 13.2 Å². The van der Waals surface area contributed by atoms with Crippen molar-refractivity contribution in [2.45, 2.75) is 56.7 Å². The van der Waals surface area contributed by atoms with Crippen molar-refractivity contribution >= 4 is 11.9 Å². The Morgan fingerprint density at radius 2 is 1.88 bits per heavy atom. The largest absolute Gasteiger partial charge is 0.573 e. The number of piperidine rings is 1. The van der Waals surface area contributed by atoms with Crippen molar-refractivity contribution < 1.29 is 42.2 Å². The third kappa shape index (κ3) is 6.64. The van der Waals surface area contributed by atoms with Crippen LogP contribution < -0.4 is 14.2 Å². The summed E-state index contributed by atoms with van der Waals surface area (Å²) in [7, 11) is 0. The summed E-state index contributed by atoms with van der Waals surface area (Å²) >= 11 is 0. The van der Waals surface area contributed by atoms with Gasteiger partial charge in [-0.25, -0.2) is 4.79 Å². The van der Waals surface area contributed by atoms with Crippen molar-refractivity contribution in [3.05, 3.63) is 76.0 Å². The molecule has 0 saturated carbocycles. The Kier molecular flexibility index (Phi) is 7.41. The number of hydrogen-bond donors (Lipinski definition) is 1. The zero-order valence-electron chi connectivity index (χ0n) is 21.9. The maximum absolute atomic E-state index is 12.5. The number of carboxylic acid groups (broad SMARTS) is 1. The number of imidazole rings is 1. The summed E-state index contributed by atoms with van der Waals surface area (Å²) in [5.41, 5.74) is 0.987. The molecule has 1 fully saturated rings. The number of amides is 1. The van der Waals surface area contributed by atoms with Gasteiger partial charge in [0, 0.05) is 17.6 Å². The van der Waals surface area contributed by atoms with E-state index in [0.29, 0.717) is 43.7 Å².